The standard InChI is InChI=1S/C11H18ClN3OS/c1-3-13-10(16)6-15(4-2)7-11-14-9(5-12)8-17-11/h8H,3-7H2,1-2H3,(H,13,16). The Hall–Kier alpha value is -0.650. The van der Waals surface area contributed by atoms with Crippen LogP contribution in [0.2, 0.25) is 0 Å². The monoisotopic (exact) mass is 275 g/mol. The van der Waals surface area contributed by atoms with Crippen LogP contribution in [0.15, 0.2) is 5.38 Å². The number of hydrogen-bond donors (Lipinski definition) is 1. The van der Waals surface area contributed by atoms with E-state index < -0.39 is 0 Å². The SMILES string of the molecule is CCNC(=O)CN(CC)Cc1nc(CCl)cs1. The summed E-state index contributed by atoms with van der Waals surface area (Å²) in [5.41, 5.74) is 0.903. The molecule has 0 bridgehead atoms. The van der Waals surface area contributed by atoms with Crippen LogP contribution in [0.5, 0.6) is 0 Å². The lowest BCUT2D eigenvalue weighted by molar-refractivity contribution is -0.122. The summed E-state index contributed by atoms with van der Waals surface area (Å²) in [4.78, 5) is 17.9. The summed E-state index contributed by atoms with van der Waals surface area (Å²) in [6, 6.07) is 0. The van der Waals surface area contributed by atoms with Crippen molar-refractivity contribution in [3.63, 3.8) is 0 Å². The van der Waals surface area contributed by atoms with Crippen molar-refractivity contribution in [2.75, 3.05) is 19.6 Å². The Morgan fingerprint density at radius 3 is 2.88 bits per heavy atom. The highest BCUT2D eigenvalue weighted by molar-refractivity contribution is 7.09. The van der Waals surface area contributed by atoms with Crippen LogP contribution in [-0.4, -0.2) is 35.4 Å². The first-order valence-electron chi connectivity index (χ1n) is 5.67. The van der Waals surface area contributed by atoms with Gasteiger partial charge in [0, 0.05) is 11.9 Å². The van der Waals surface area contributed by atoms with Crippen LogP contribution in [0.25, 0.3) is 0 Å². The average Bonchev–Trinajstić information content (AvgIpc) is 2.76. The summed E-state index contributed by atoms with van der Waals surface area (Å²) in [7, 11) is 0. The van der Waals surface area contributed by atoms with Gasteiger partial charge in [-0.1, -0.05) is 6.92 Å². The first kappa shape index (κ1) is 14.4. The van der Waals surface area contributed by atoms with Crippen LogP contribution in [0.1, 0.15) is 24.5 Å². The Labute approximate surface area is 111 Å². The lowest BCUT2D eigenvalue weighted by Crippen LogP contribution is -2.36. The number of carbonyl (C=O) groups is 1. The zero-order valence-electron chi connectivity index (χ0n) is 10.2. The molecule has 1 N–H and O–H groups in total. The Balaban J connectivity index is 2.48. The Bertz CT molecular complexity index is 356. The van der Waals surface area contributed by atoms with Gasteiger partial charge in [0.25, 0.3) is 0 Å². The van der Waals surface area contributed by atoms with E-state index >= 15 is 0 Å². The van der Waals surface area contributed by atoms with Crippen LogP contribution < -0.4 is 5.32 Å². The summed E-state index contributed by atoms with van der Waals surface area (Å²) in [5.74, 6) is 0.502. The molecule has 4 nitrogen and oxygen atoms in total. The van der Waals surface area contributed by atoms with E-state index in [-0.39, 0.29) is 5.91 Å². The zero-order chi connectivity index (χ0) is 12.7. The maximum Gasteiger partial charge on any atom is 0.234 e. The van der Waals surface area contributed by atoms with Crippen LogP contribution in [-0.2, 0) is 17.2 Å². The summed E-state index contributed by atoms with van der Waals surface area (Å²) in [6.07, 6.45) is 0. The van der Waals surface area contributed by atoms with Gasteiger partial charge in [0.05, 0.1) is 24.7 Å². The topological polar surface area (TPSA) is 45.2 Å². The number of amides is 1. The molecule has 1 heterocycles. The lowest BCUT2D eigenvalue weighted by Gasteiger charge is -2.18. The maximum absolute atomic E-state index is 11.5. The molecule has 17 heavy (non-hydrogen) atoms. The van der Waals surface area contributed by atoms with Crippen molar-refractivity contribution in [1.29, 1.82) is 0 Å². The van der Waals surface area contributed by atoms with E-state index in [1.807, 2.05) is 19.2 Å². The molecule has 0 aliphatic rings. The number of rotatable bonds is 7. The number of halogens is 1. The Morgan fingerprint density at radius 2 is 2.35 bits per heavy atom. The second-order valence-corrected chi connectivity index (χ2v) is 4.83. The predicted octanol–water partition coefficient (Wildman–Crippen LogP) is 1.84. The number of thiazole rings is 1. The quantitative estimate of drug-likeness (QED) is 0.773. The van der Waals surface area contributed by atoms with Gasteiger partial charge in [0.1, 0.15) is 5.01 Å². The first-order chi connectivity index (χ1) is 8.19. The maximum atomic E-state index is 11.5. The van der Waals surface area contributed by atoms with Crippen LogP contribution in [0.4, 0.5) is 0 Å². The molecule has 96 valence electrons. The van der Waals surface area contributed by atoms with Crippen LogP contribution in [0, 0.1) is 0 Å². The van der Waals surface area contributed by atoms with Crippen molar-refractivity contribution in [2.45, 2.75) is 26.3 Å². The molecule has 1 amide bonds. The summed E-state index contributed by atoms with van der Waals surface area (Å²) in [6.45, 7) is 6.57. The first-order valence-corrected chi connectivity index (χ1v) is 7.09. The van der Waals surface area contributed by atoms with Gasteiger partial charge in [-0.15, -0.1) is 22.9 Å². The highest BCUT2D eigenvalue weighted by Gasteiger charge is 2.11. The van der Waals surface area contributed by atoms with Crippen molar-refractivity contribution in [1.82, 2.24) is 15.2 Å². The van der Waals surface area contributed by atoms with Crippen molar-refractivity contribution in [3.8, 4) is 0 Å². The molecule has 0 atom stereocenters. The van der Waals surface area contributed by atoms with E-state index in [1.54, 1.807) is 11.3 Å². The molecule has 0 saturated heterocycles. The van der Waals surface area contributed by atoms with Gasteiger partial charge in [-0.2, -0.15) is 0 Å². The van der Waals surface area contributed by atoms with Gasteiger partial charge < -0.3 is 5.32 Å². The second kappa shape index (κ2) is 7.63. The number of carbonyl (C=O) groups excluding carboxylic acids is 1. The highest BCUT2D eigenvalue weighted by Crippen LogP contribution is 2.13. The molecule has 1 aromatic rings. The molecule has 0 spiro atoms. The predicted molar refractivity (Wildman–Crippen MR) is 71.3 cm³/mol. The lowest BCUT2D eigenvalue weighted by atomic mass is 10.4. The van der Waals surface area contributed by atoms with E-state index in [1.165, 1.54) is 0 Å². The number of nitrogens with zero attached hydrogens (tertiary/aromatic N) is 2. The fraction of sp³-hybridized carbons (Fsp3) is 0.636. The number of aromatic nitrogens is 1. The van der Waals surface area contributed by atoms with E-state index in [4.69, 9.17) is 11.6 Å². The van der Waals surface area contributed by atoms with Gasteiger partial charge >= 0.3 is 0 Å². The molecular formula is C11H18ClN3OS. The van der Waals surface area contributed by atoms with Gasteiger partial charge in [-0.3, -0.25) is 9.69 Å². The third kappa shape index (κ3) is 5.02. The fourth-order valence-corrected chi connectivity index (χ4v) is 2.47. The number of alkyl halides is 1. The number of nitrogens with one attached hydrogen (secondary N) is 1. The molecule has 0 saturated carbocycles. The minimum Gasteiger partial charge on any atom is -0.355 e. The van der Waals surface area contributed by atoms with Gasteiger partial charge in [-0.25, -0.2) is 4.98 Å². The average molecular weight is 276 g/mol. The highest BCUT2D eigenvalue weighted by atomic mass is 35.5. The van der Waals surface area contributed by atoms with Gasteiger partial charge in [0.15, 0.2) is 0 Å². The zero-order valence-corrected chi connectivity index (χ0v) is 11.8. The van der Waals surface area contributed by atoms with E-state index in [9.17, 15) is 4.79 Å². The van der Waals surface area contributed by atoms with Crippen LogP contribution >= 0.6 is 22.9 Å². The molecular weight excluding hydrogens is 258 g/mol. The van der Waals surface area contributed by atoms with Gasteiger partial charge in [-0.05, 0) is 13.5 Å². The molecule has 1 aromatic heterocycles. The van der Waals surface area contributed by atoms with Crippen LogP contribution in [0.3, 0.4) is 0 Å². The molecule has 0 aliphatic heterocycles. The number of hydrogen-bond acceptors (Lipinski definition) is 4. The summed E-state index contributed by atoms with van der Waals surface area (Å²) < 4.78 is 0. The third-order valence-corrected chi connectivity index (χ3v) is 3.44. The van der Waals surface area contributed by atoms with E-state index in [0.717, 1.165) is 17.2 Å². The smallest absolute Gasteiger partial charge is 0.234 e. The molecule has 0 fully saturated rings. The second-order valence-electron chi connectivity index (χ2n) is 3.62. The van der Waals surface area contributed by atoms with Crippen molar-refractivity contribution in [3.05, 3.63) is 16.1 Å². The Kier molecular flexibility index (Phi) is 6.47. The molecule has 0 aliphatic carbocycles. The minimum atomic E-state index is 0.0588. The summed E-state index contributed by atoms with van der Waals surface area (Å²) >= 11 is 7.29. The van der Waals surface area contributed by atoms with Crippen molar-refractivity contribution >= 4 is 28.8 Å². The normalized spacial score (nSPS) is 10.8. The Morgan fingerprint density at radius 1 is 1.59 bits per heavy atom. The van der Waals surface area contributed by atoms with E-state index in [0.29, 0.717) is 25.5 Å². The van der Waals surface area contributed by atoms with Gasteiger partial charge in [0.2, 0.25) is 5.91 Å². The molecule has 0 radical (unpaired) electrons. The van der Waals surface area contributed by atoms with Crippen molar-refractivity contribution in [2.24, 2.45) is 0 Å². The minimum absolute atomic E-state index is 0.0588. The van der Waals surface area contributed by atoms with Crippen molar-refractivity contribution < 1.29 is 4.79 Å². The molecule has 1 rings (SSSR count). The molecule has 0 unspecified atom stereocenters. The third-order valence-electron chi connectivity index (χ3n) is 2.28. The number of likely N-dealkylation sites (N-methyl/N-ethyl adjacent to an activating group) is 2. The molecule has 0 aromatic carbocycles. The summed E-state index contributed by atoms with van der Waals surface area (Å²) in [5, 5.41) is 5.76. The largest absolute Gasteiger partial charge is 0.355 e. The molecule has 6 heteroatoms. The fourth-order valence-electron chi connectivity index (χ4n) is 1.41. The van der Waals surface area contributed by atoms with E-state index in [2.05, 4.69) is 15.2 Å².